The summed E-state index contributed by atoms with van der Waals surface area (Å²) in [6.45, 7) is 6.74. The third-order valence-electron chi connectivity index (χ3n) is 6.13. The van der Waals surface area contributed by atoms with Crippen LogP contribution in [-0.4, -0.2) is 30.0 Å². The number of halogens is 1. The van der Waals surface area contributed by atoms with Gasteiger partial charge in [0.15, 0.2) is 0 Å². The molecule has 154 valence electrons. The summed E-state index contributed by atoms with van der Waals surface area (Å²) >= 11 is 0. The lowest BCUT2D eigenvalue weighted by Crippen LogP contribution is -2.33. The van der Waals surface area contributed by atoms with Crippen molar-refractivity contribution in [3.63, 3.8) is 0 Å². The molecule has 1 aliphatic carbocycles. The van der Waals surface area contributed by atoms with Gasteiger partial charge in [0.2, 0.25) is 0 Å². The smallest absolute Gasteiger partial charge is 0.127 e. The molecule has 0 unspecified atom stereocenters. The highest BCUT2D eigenvalue weighted by Crippen LogP contribution is 2.53. The molecule has 1 aliphatic heterocycles. The minimum atomic E-state index is -0.473. The fourth-order valence-corrected chi connectivity index (χ4v) is 4.87. The number of ether oxygens (including phenoxy) is 2. The Morgan fingerprint density at radius 3 is 2.66 bits per heavy atom. The summed E-state index contributed by atoms with van der Waals surface area (Å²) in [5.41, 5.74) is 3.91. The third-order valence-corrected chi connectivity index (χ3v) is 6.13. The van der Waals surface area contributed by atoms with E-state index in [2.05, 4.69) is 25.1 Å². The van der Waals surface area contributed by atoms with Gasteiger partial charge >= 0.3 is 0 Å². The van der Waals surface area contributed by atoms with Gasteiger partial charge in [0, 0.05) is 18.1 Å². The van der Waals surface area contributed by atoms with Gasteiger partial charge in [-0.25, -0.2) is 4.39 Å². The molecule has 1 spiro atoms. The number of benzene rings is 2. The van der Waals surface area contributed by atoms with Gasteiger partial charge in [-0.3, -0.25) is 0 Å². The van der Waals surface area contributed by atoms with Gasteiger partial charge in [-0.2, -0.15) is 0 Å². The molecule has 1 N–H and O–H groups in total. The standard InChI is InChI=1S/C25H29FO3/c1-16(2)29-23-9-4-17(3)12-22(23)20-13-25(28-15-20)11-10-19(14-27)24(25)18-5-7-21(26)8-6-18/h4-9,12-13,16,19,24,27H,10-11,14-15H2,1-3H3/t19-,24-,25-/m1/s1. The number of rotatable bonds is 5. The van der Waals surface area contributed by atoms with Crippen LogP contribution in [0.4, 0.5) is 4.39 Å². The minimum absolute atomic E-state index is 0.00452. The number of hydrogen-bond acceptors (Lipinski definition) is 3. The van der Waals surface area contributed by atoms with E-state index in [1.165, 1.54) is 17.7 Å². The highest BCUT2D eigenvalue weighted by atomic mass is 19.1. The number of aliphatic hydroxyl groups excluding tert-OH is 1. The van der Waals surface area contributed by atoms with Crippen LogP contribution in [0.2, 0.25) is 0 Å². The molecule has 2 aliphatic rings. The predicted molar refractivity (Wildman–Crippen MR) is 113 cm³/mol. The Kier molecular flexibility index (Phi) is 5.50. The van der Waals surface area contributed by atoms with Crippen LogP contribution in [-0.2, 0) is 4.74 Å². The van der Waals surface area contributed by atoms with E-state index in [0.29, 0.717) is 6.61 Å². The lowest BCUT2D eigenvalue weighted by molar-refractivity contribution is 0.0106. The average Bonchev–Trinajstić information content (AvgIpc) is 3.28. The molecule has 0 bridgehead atoms. The molecule has 29 heavy (non-hydrogen) atoms. The normalized spacial score (nSPS) is 26.3. The van der Waals surface area contributed by atoms with E-state index in [4.69, 9.17) is 9.47 Å². The molecule has 0 radical (unpaired) electrons. The largest absolute Gasteiger partial charge is 0.490 e. The maximum atomic E-state index is 13.5. The van der Waals surface area contributed by atoms with Crippen LogP contribution in [0.25, 0.3) is 5.57 Å². The van der Waals surface area contributed by atoms with Gasteiger partial charge in [-0.1, -0.05) is 23.8 Å². The summed E-state index contributed by atoms with van der Waals surface area (Å²) in [5.74, 6) is 0.720. The molecular formula is C25H29FO3. The summed E-state index contributed by atoms with van der Waals surface area (Å²) < 4.78 is 26.0. The fourth-order valence-electron chi connectivity index (χ4n) is 4.87. The van der Waals surface area contributed by atoms with Gasteiger partial charge in [-0.05, 0) is 81.0 Å². The van der Waals surface area contributed by atoms with Gasteiger partial charge in [0.1, 0.15) is 11.6 Å². The van der Waals surface area contributed by atoms with E-state index in [0.717, 1.165) is 35.3 Å². The average molecular weight is 397 g/mol. The molecule has 0 amide bonds. The monoisotopic (exact) mass is 396 g/mol. The molecule has 1 heterocycles. The van der Waals surface area contributed by atoms with Crippen molar-refractivity contribution >= 4 is 5.57 Å². The summed E-state index contributed by atoms with van der Waals surface area (Å²) in [7, 11) is 0. The van der Waals surface area contributed by atoms with E-state index in [1.54, 1.807) is 0 Å². The Bertz CT molecular complexity index is 903. The van der Waals surface area contributed by atoms with Crippen molar-refractivity contribution in [3.8, 4) is 5.75 Å². The first kappa shape index (κ1) is 20.1. The molecule has 3 nitrogen and oxygen atoms in total. The van der Waals surface area contributed by atoms with Crippen molar-refractivity contribution in [1.82, 2.24) is 0 Å². The first-order valence-corrected chi connectivity index (χ1v) is 10.4. The summed E-state index contributed by atoms with van der Waals surface area (Å²) in [4.78, 5) is 0. The Balaban J connectivity index is 1.74. The van der Waals surface area contributed by atoms with Crippen molar-refractivity contribution in [2.45, 2.75) is 51.2 Å². The highest BCUT2D eigenvalue weighted by Gasteiger charge is 2.51. The van der Waals surface area contributed by atoms with Gasteiger partial charge in [0.05, 0.1) is 18.3 Å². The van der Waals surface area contributed by atoms with Crippen LogP contribution in [0, 0.1) is 18.7 Å². The summed E-state index contributed by atoms with van der Waals surface area (Å²) in [6.07, 6.45) is 4.05. The molecule has 4 heteroatoms. The second-order valence-electron chi connectivity index (χ2n) is 8.59. The molecule has 1 saturated carbocycles. The van der Waals surface area contributed by atoms with Crippen molar-refractivity contribution in [1.29, 1.82) is 0 Å². The van der Waals surface area contributed by atoms with Crippen molar-refractivity contribution in [3.05, 3.63) is 71.0 Å². The zero-order valence-electron chi connectivity index (χ0n) is 17.3. The molecule has 2 aromatic rings. The quantitative estimate of drug-likeness (QED) is 0.749. The lowest BCUT2D eigenvalue weighted by atomic mass is 9.80. The second-order valence-corrected chi connectivity index (χ2v) is 8.59. The Morgan fingerprint density at radius 2 is 1.97 bits per heavy atom. The zero-order chi connectivity index (χ0) is 20.6. The van der Waals surface area contributed by atoms with Crippen molar-refractivity contribution in [2.24, 2.45) is 5.92 Å². The third kappa shape index (κ3) is 3.84. The fraction of sp³-hybridized carbons (Fsp3) is 0.440. The second kappa shape index (κ2) is 7.92. The van der Waals surface area contributed by atoms with Crippen molar-refractivity contribution in [2.75, 3.05) is 13.2 Å². The summed E-state index contributed by atoms with van der Waals surface area (Å²) in [6, 6.07) is 12.9. The van der Waals surface area contributed by atoms with Gasteiger partial charge in [-0.15, -0.1) is 0 Å². The van der Waals surface area contributed by atoms with E-state index >= 15 is 0 Å². The van der Waals surface area contributed by atoms with Crippen LogP contribution < -0.4 is 4.74 Å². The van der Waals surface area contributed by atoms with Gasteiger partial charge < -0.3 is 14.6 Å². The van der Waals surface area contributed by atoms with Crippen LogP contribution in [0.1, 0.15) is 49.3 Å². The SMILES string of the molecule is Cc1ccc(OC(C)C)c(C2=C[C@@]3(CC[C@H](CO)[C@H]3c3ccc(F)cc3)OC2)c1. The van der Waals surface area contributed by atoms with Crippen LogP contribution in [0.15, 0.2) is 48.5 Å². The van der Waals surface area contributed by atoms with Crippen LogP contribution >= 0.6 is 0 Å². The number of aliphatic hydroxyl groups is 1. The van der Waals surface area contributed by atoms with E-state index in [-0.39, 0.29) is 30.4 Å². The zero-order valence-corrected chi connectivity index (χ0v) is 17.3. The van der Waals surface area contributed by atoms with Gasteiger partial charge in [0.25, 0.3) is 0 Å². The Hall–Kier alpha value is -2.17. The maximum Gasteiger partial charge on any atom is 0.127 e. The Morgan fingerprint density at radius 1 is 1.21 bits per heavy atom. The number of hydrogen-bond donors (Lipinski definition) is 1. The molecule has 0 aromatic heterocycles. The van der Waals surface area contributed by atoms with E-state index < -0.39 is 5.60 Å². The molecule has 3 atom stereocenters. The topological polar surface area (TPSA) is 38.7 Å². The predicted octanol–water partition coefficient (Wildman–Crippen LogP) is 5.26. The lowest BCUT2D eigenvalue weighted by Gasteiger charge is -2.32. The number of aryl methyl sites for hydroxylation is 1. The first-order chi connectivity index (χ1) is 13.9. The van der Waals surface area contributed by atoms with E-state index in [9.17, 15) is 9.50 Å². The minimum Gasteiger partial charge on any atom is -0.490 e. The Labute approximate surface area is 172 Å². The summed E-state index contributed by atoms with van der Waals surface area (Å²) in [5, 5.41) is 9.99. The molecular weight excluding hydrogens is 367 g/mol. The molecule has 1 fully saturated rings. The van der Waals surface area contributed by atoms with E-state index in [1.807, 2.05) is 32.0 Å². The highest BCUT2D eigenvalue weighted by molar-refractivity contribution is 5.74. The van der Waals surface area contributed by atoms with Crippen LogP contribution in [0.5, 0.6) is 5.75 Å². The van der Waals surface area contributed by atoms with Crippen LogP contribution in [0.3, 0.4) is 0 Å². The maximum absolute atomic E-state index is 13.5. The molecule has 4 rings (SSSR count). The first-order valence-electron chi connectivity index (χ1n) is 10.4. The molecule has 2 aromatic carbocycles. The molecule has 0 saturated heterocycles. The van der Waals surface area contributed by atoms with Crippen molar-refractivity contribution < 1.29 is 19.0 Å².